The summed E-state index contributed by atoms with van der Waals surface area (Å²) in [6.07, 6.45) is 0. The largest absolute Gasteiger partial charge is 0.411 e. The molecule has 0 spiro atoms. The zero-order valence-corrected chi connectivity index (χ0v) is 17.6. The third-order valence-electron chi connectivity index (χ3n) is 4.53. The highest BCUT2D eigenvalue weighted by atomic mass is 32.2. The van der Waals surface area contributed by atoms with E-state index in [4.69, 9.17) is 4.42 Å². The molecule has 3 aromatic rings. The molecule has 5 nitrogen and oxygen atoms in total. The van der Waals surface area contributed by atoms with Crippen LogP contribution in [0.4, 0.5) is 5.69 Å². The lowest BCUT2D eigenvalue weighted by atomic mass is 9.98. The first kappa shape index (κ1) is 20.1. The summed E-state index contributed by atoms with van der Waals surface area (Å²) in [4.78, 5) is 12.7. The van der Waals surface area contributed by atoms with Crippen LogP contribution in [0.1, 0.15) is 43.4 Å². The predicted octanol–water partition coefficient (Wildman–Crippen LogP) is 5.60. The van der Waals surface area contributed by atoms with Crippen molar-refractivity contribution in [3.05, 3.63) is 59.2 Å². The van der Waals surface area contributed by atoms with E-state index in [-0.39, 0.29) is 11.2 Å². The van der Waals surface area contributed by atoms with E-state index in [9.17, 15) is 4.79 Å². The van der Waals surface area contributed by atoms with Gasteiger partial charge in [0.15, 0.2) is 0 Å². The summed E-state index contributed by atoms with van der Waals surface area (Å²) in [6, 6.07) is 14.0. The Kier molecular flexibility index (Phi) is 6.19. The van der Waals surface area contributed by atoms with Crippen LogP contribution in [-0.4, -0.2) is 21.4 Å². The summed E-state index contributed by atoms with van der Waals surface area (Å²) >= 11 is 1.26. The van der Waals surface area contributed by atoms with Crippen molar-refractivity contribution < 1.29 is 9.21 Å². The second kappa shape index (κ2) is 8.61. The number of rotatable bonds is 6. The fraction of sp³-hybridized carbons (Fsp3) is 0.318. The molecule has 28 heavy (non-hydrogen) atoms. The molecule has 3 rings (SSSR count). The average molecular weight is 396 g/mol. The molecular weight excluding hydrogens is 370 g/mol. The van der Waals surface area contributed by atoms with Gasteiger partial charge in [0, 0.05) is 11.3 Å². The van der Waals surface area contributed by atoms with Gasteiger partial charge in [-0.25, -0.2) is 0 Å². The normalized spacial score (nSPS) is 12.2. The minimum Gasteiger partial charge on any atom is -0.411 e. The van der Waals surface area contributed by atoms with Gasteiger partial charge in [0.2, 0.25) is 11.8 Å². The van der Waals surface area contributed by atoms with Gasteiger partial charge in [-0.1, -0.05) is 61.5 Å². The molecule has 1 aromatic heterocycles. The lowest BCUT2D eigenvalue weighted by Crippen LogP contribution is -2.23. The Labute approximate surface area is 170 Å². The van der Waals surface area contributed by atoms with Crippen LogP contribution in [0, 0.1) is 13.8 Å². The Morgan fingerprint density at radius 2 is 1.75 bits per heavy atom. The van der Waals surface area contributed by atoms with Crippen LogP contribution in [0.3, 0.4) is 0 Å². The quantitative estimate of drug-likeness (QED) is 0.551. The summed E-state index contributed by atoms with van der Waals surface area (Å²) in [6.45, 7) is 10.1. The Hall–Kier alpha value is -2.60. The lowest BCUT2D eigenvalue weighted by molar-refractivity contribution is -0.115. The summed E-state index contributed by atoms with van der Waals surface area (Å²) < 4.78 is 5.73. The standard InChI is InChI=1S/C22H25N3O2S/c1-13(2)18-8-6-7-15(4)19(18)23-20(26)16(5)28-22-25-24-21(27-22)17-11-9-14(3)10-12-17/h6-13,16H,1-5H3,(H,23,26)/t16-/m1/s1. The number of hydrogen-bond acceptors (Lipinski definition) is 5. The van der Waals surface area contributed by atoms with Gasteiger partial charge in [0.1, 0.15) is 0 Å². The fourth-order valence-corrected chi connectivity index (χ4v) is 3.53. The molecule has 6 heteroatoms. The van der Waals surface area contributed by atoms with Crippen LogP contribution in [0.5, 0.6) is 0 Å². The van der Waals surface area contributed by atoms with Crippen molar-refractivity contribution in [2.45, 2.75) is 51.0 Å². The Balaban J connectivity index is 1.69. The highest BCUT2D eigenvalue weighted by molar-refractivity contribution is 8.00. The number of nitrogens with one attached hydrogen (secondary N) is 1. The molecule has 1 atom stereocenters. The van der Waals surface area contributed by atoms with Crippen LogP contribution in [0.25, 0.3) is 11.5 Å². The maximum absolute atomic E-state index is 12.7. The molecule has 0 radical (unpaired) electrons. The number of benzene rings is 2. The van der Waals surface area contributed by atoms with Crippen molar-refractivity contribution in [1.82, 2.24) is 10.2 Å². The van der Waals surface area contributed by atoms with E-state index in [1.54, 1.807) is 0 Å². The molecule has 1 heterocycles. The maximum atomic E-state index is 12.7. The van der Waals surface area contributed by atoms with Gasteiger partial charge in [-0.05, 0) is 49.9 Å². The topological polar surface area (TPSA) is 68.0 Å². The highest BCUT2D eigenvalue weighted by Crippen LogP contribution is 2.30. The maximum Gasteiger partial charge on any atom is 0.277 e. The first-order valence-electron chi connectivity index (χ1n) is 9.32. The van der Waals surface area contributed by atoms with Gasteiger partial charge in [-0.3, -0.25) is 4.79 Å². The van der Waals surface area contributed by atoms with Crippen molar-refractivity contribution >= 4 is 23.4 Å². The van der Waals surface area contributed by atoms with Gasteiger partial charge in [-0.15, -0.1) is 10.2 Å². The second-order valence-corrected chi connectivity index (χ2v) is 8.47. The number of hydrogen-bond donors (Lipinski definition) is 1. The van der Waals surface area contributed by atoms with Crippen LogP contribution in [-0.2, 0) is 4.79 Å². The minimum atomic E-state index is -0.370. The number of anilines is 1. The SMILES string of the molecule is Cc1ccc(-c2nnc(S[C@H](C)C(=O)Nc3c(C)cccc3C(C)C)o2)cc1. The summed E-state index contributed by atoms with van der Waals surface area (Å²) in [5.74, 6) is 0.693. The highest BCUT2D eigenvalue weighted by Gasteiger charge is 2.21. The van der Waals surface area contributed by atoms with Crippen LogP contribution in [0.15, 0.2) is 52.1 Å². The molecular formula is C22H25N3O2S. The first-order valence-corrected chi connectivity index (χ1v) is 10.2. The molecule has 0 saturated heterocycles. The second-order valence-electron chi connectivity index (χ2n) is 7.18. The van der Waals surface area contributed by atoms with Crippen LogP contribution < -0.4 is 5.32 Å². The number of carbonyl (C=O) groups excluding carboxylic acids is 1. The minimum absolute atomic E-state index is 0.0868. The van der Waals surface area contributed by atoms with E-state index in [2.05, 4.69) is 35.4 Å². The van der Waals surface area contributed by atoms with E-state index >= 15 is 0 Å². The molecule has 146 valence electrons. The lowest BCUT2D eigenvalue weighted by Gasteiger charge is -2.18. The van der Waals surface area contributed by atoms with Gasteiger partial charge in [-0.2, -0.15) is 0 Å². The van der Waals surface area contributed by atoms with Crippen molar-refractivity contribution in [3.63, 3.8) is 0 Å². The Morgan fingerprint density at radius 1 is 1.04 bits per heavy atom. The zero-order chi connectivity index (χ0) is 20.3. The first-order chi connectivity index (χ1) is 13.3. The van der Waals surface area contributed by atoms with Crippen LogP contribution in [0.2, 0.25) is 0 Å². The molecule has 2 aromatic carbocycles. The summed E-state index contributed by atoms with van der Waals surface area (Å²) in [5.41, 5.74) is 5.10. The fourth-order valence-electron chi connectivity index (χ4n) is 2.84. The molecule has 1 N–H and O–H groups in total. The zero-order valence-electron chi connectivity index (χ0n) is 16.8. The van der Waals surface area contributed by atoms with E-state index in [0.717, 1.165) is 22.4 Å². The molecule has 0 saturated carbocycles. The van der Waals surface area contributed by atoms with E-state index in [0.29, 0.717) is 17.0 Å². The molecule has 1 amide bonds. The molecule has 0 aliphatic carbocycles. The number of aromatic nitrogens is 2. The molecule has 0 aliphatic rings. The van der Waals surface area contributed by atoms with E-state index in [1.807, 2.05) is 57.2 Å². The van der Waals surface area contributed by atoms with Crippen molar-refractivity contribution in [2.75, 3.05) is 5.32 Å². The smallest absolute Gasteiger partial charge is 0.277 e. The van der Waals surface area contributed by atoms with Gasteiger partial charge < -0.3 is 9.73 Å². The van der Waals surface area contributed by atoms with Gasteiger partial charge >= 0.3 is 0 Å². The van der Waals surface area contributed by atoms with Crippen molar-refractivity contribution in [3.8, 4) is 11.5 Å². The Bertz CT molecular complexity index is 964. The number of aryl methyl sites for hydroxylation is 2. The number of amides is 1. The summed E-state index contributed by atoms with van der Waals surface area (Å²) in [5, 5.41) is 11.3. The summed E-state index contributed by atoms with van der Waals surface area (Å²) in [7, 11) is 0. The van der Waals surface area contributed by atoms with E-state index < -0.39 is 0 Å². The average Bonchev–Trinajstić information content (AvgIpc) is 3.12. The third-order valence-corrected chi connectivity index (χ3v) is 5.46. The molecule has 0 aliphatic heterocycles. The van der Waals surface area contributed by atoms with Gasteiger partial charge in [0.25, 0.3) is 5.22 Å². The van der Waals surface area contributed by atoms with Crippen molar-refractivity contribution in [1.29, 1.82) is 0 Å². The Morgan fingerprint density at radius 3 is 2.43 bits per heavy atom. The van der Waals surface area contributed by atoms with Crippen molar-refractivity contribution in [2.24, 2.45) is 0 Å². The molecule has 0 fully saturated rings. The number of thioether (sulfide) groups is 1. The molecule has 0 unspecified atom stereocenters. The number of para-hydroxylation sites is 1. The number of carbonyl (C=O) groups is 1. The monoisotopic (exact) mass is 395 g/mol. The third kappa shape index (κ3) is 4.62. The van der Waals surface area contributed by atoms with E-state index in [1.165, 1.54) is 17.3 Å². The van der Waals surface area contributed by atoms with Crippen LogP contribution >= 0.6 is 11.8 Å². The predicted molar refractivity (Wildman–Crippen MR) is 114 cm³/mol. The molecule has 0 bridgehead atoms. The number of nitrogens with zero attached hydrogens (tertiary/aromatic N) is 2. The van der Waals surface area contributed by atoms with Gasteiger partial charge in [0.05, 0.1) is 5.25 Å².